The standard InChI is InChI=1S/C12H11FN4O2S/c1-7-10(17(18)19)11(16-12(14-2)15-7)20-9-6-4-3-5-8(9)13/h3-6H,1-2H3,(H,14,15,16). The highest BCUT2D eigenvalue weighted by atomic mass is 32.2. The molecule has 1 aromatic heterocycles. The average molecular weight is 294 g/mol. The van der Waals surface area contributed by atoms with Crippen LogP contribution < -0.4 is 5.32 Å². The molecule has 0 radical (unpaired) electrons. The van der Waals surface area contributed by atoms with E-state index in [1.165, 1.54) is 13.0 Å². The number of rotatable bonds is 4. The SMILES string of the molecule is CNc1nc(C)c([N+](=O)[O-])c(Sc2ccccc2F)n1. The lowest BCUT2D eigenvalue weighted by Gasteiger charge is -2.07. The Morgan fingerprint density at radius 2 is 2.05 bits per heavy atom. The molecule has 1 aromatic carbocycles. The first-order chi connectivity index (χ1) is 9.52. The minimum Gasteiger partial charge on any atom is -0.357 e. The first kappa shape index (κ1) is 14.2. The first-order valence-corrected chi connectivity index (χ1v) is 6.47. The lowest BCUT2D eigenvalue weighted by molar-refractivity contribution is -0.389. The molecule has 104 valence electrons. The summed E-state index contributed by atoms with van der Waals surface area (Å²) in [5.74, 6) is -0.194. The zero-order valence-electron chi connectivity index (χ0n) is 10.8. The van der Waals surface area contributed by atoms with E-state index in [1.54, 1.807) is 25.2 Å². The third kappa shape index (κ3) is 2.85. The molecule has 0 atom stereocenters. The highest BCUT2D eigenvalue weighted by Gasteiger charge is 2.23. The molecule has 0 saturated heterocycles. The van der Waals surface area contributed by atoms with Crippen LogP contribution in [-0.2, 0) is 0 Å². The molecule has 1 heterocycles. The van der Waals surface area contributed by atoms with Gasteiger partial charge in [0.25, 0.3) is 0 Å². The molecule has 2 rings (SSSR count). The number of nitrogens with one attached hydrogen (secondary N) is 1. The van der Waals surface area contributed by atoms with Crippen molar-refractivity contribution >= 4 is 23.4 Å². The van der Waals surface area contributed by atoms with Gasteiger partial charge in [0.15, 0.2) is 5.03 Å². The Balaban J connectivity index is 2.52. The Hall–Kier alpha value is -2.22. The summed E-state index contributed by atoms with van der Waals surface area (Å²) in [5.41, 5.74) is 0.0189. The van der Waals surface area contributed by atoms with Crippen LogP contribution in [0.5, 0.6) is 0 Å². The number of aromatic nitrogens is 2. The second kappa shape index (κ2) is 5.83. The van der Waals surface area contributed by atoms with Crippen molar-refractivity contribution < 1.29 is 9.31 Å². The van der Waals surface area contributed by atoms with E-state index in [0.29, 0.717) is 0 Å². The summed E-state index contributed by atoms with van der Waals surface area (Å²) in [7, 11) is 1.61. The van der Waals surface area contributed by atoms with Gasteiger partial charge >= 0.3 is 5.69 Å². The van der Waals surface area contributed by atoms with E-state index in [1.807, 2.05) is 0 Å². The number of anilines is 1. The zero-order chi connectivity index (χ0) is 14.7. The van der Waals surface area contributed by atoms with Crippen LogP contribution >= 0.6 is 11.8 Å². The second-order valence-electron chi connectivity index (χ2n) is 3.83. The van der Waals surface area contributed by atoms with Crippen molar-refractivity contribution in [1.82, 2.24) is 9.97 Å². The van der Waals surface area contributed by atoms with Gasteiger partial charge in [-0.2, -0.15) is 4.98 Å². The van der Waals surface area contributed by atoms with E-state index >= 15 is 0 Å². The van der Waals surface area contributed by atoms with Crippen molar-refractivity contribution in [2.45, 2.75) is 16.8 Å². The lowest BCUT2D eigenvalue weighted by Crippen LogP contribution is -2.04. The molecule has 0 saturated carbocycles. The van der Waals surface area contributed by atoms with Gasteiger partial charge in [-0.05, 0) is 19.1 Å². The summed E-state index contributed by atoms with van der Waals surface area (Å²) < 4.78 is 13.6. The summed E-state index contributed by atoms with van der Waals surface area (Å²) in [4.78, 5) is 18.8. The largest absolute Gasteiger partial charge is 0.357 e. The summed E-state index contributed by atoms with van der Waals surface area (Å²) >= 11 is 0.905. The van der Waals surface area contributed by atoms with Gasteiger partial charge in [0.05, 0.1) is 4.92 Å². The molecule has 1 N–H and O–H groups in total. The van der Waals surface area contributed by atoms with Gasteiger partial charge in [-0.1, -0.05) is 23.9 Å². The van der Waals surface area contributed by atoms with E-state index < -0.39 is 10.7 Å². The maximum atomic E-state index is 13.6. The topological polar surface area (TPSA) is 81.0 Å². The monoisotopic (exact) mass is 294 g/mol. The van der Waals surface area contributed by atoms with Gasteiger partial charge < -0.3 is 5.32 Å². The zero-order valence-corrected chi connectivity index (χ0v) is 11.6. The fraction of sp³-hybridized carbons (Fsp3) is 0.167. The molecule has 0 fully saturated rings. The second-order valence-corrected chi connectivity index (χ2v) is 4.86. The molecule has 0 unspecified atom stereocenters. The van der Waals surface area contributed by atoms with E-state index in [4.69, 9.17) is 0 Å². The summed E-state index contributed by atoms with van der Waals surface area (Å²) in [6, 6.07) is 6.05. The van der Waals surface area contributed by atoms with E-state index in [2.05, 4.69) is 15.3 Å². The quantitative estimate of drug-likeness (QED) is 0.530. The van der Waals surface area contributed by atoms with Crippen LogP contribution in [0, 0.1) is 22.9 Å². The van der Waals surface area contributed by atoms with E-state index in [-0.39, 0.29) is 27.3 Å². The van der Waals surface area contributed by atoms with Crippen molar-refractivity contribution in [3.8, 4) is 0 Å². The molecule has 0 aliphatic heterocycles. The van der Waals surface area contributed by atoms with Crippen molar-refractivity contribution in [1.29, 1.82) is 0 Å². The summed E-state index contributed by atoms with van der Waals surface area (Å²) in [6.45, 7) is 1.52. The van der Waals surface area contributed by atoms with Gasteiger partial charge in [-0.15, -0.1) is 0 Å². The van der Waals surface area contributed by atoms with Gasteiger partial charge in [0, 0.05) is 11.9 Å². The smallest absolute Gasteiger partial charge is 0.322 e. The van der Waals surface area contributed by atoms with Crippen molar-refractivity contribution in [3.63, 3.8) is 0 Å². The van der Waals surface area contributed by atoms with Crippen LogP contribution in [0.25, 0.3) is 0 Å². The van der Waals surface area contributed by atoms with E-state index in [9.17, 15) is 14.5 Å². The Labute approximate surface area is 118 Å². The molecule has 2 aromatic rings. The van der Waals surface area contributed by atoms with Crippen LogP contribution in [0.2, 0.25) is 0 Å². The van der Waals surface area contributed by atoms with Crippen LogP contribution in [0.1, 0.15) is 5.69 Å². The minimum atomic E-state index is -0.558. The number of nitro groups is 1. The van der Waals surface area contributed by atoms with Crippen molar-refractivity contribution in [3.05, 3.63) is 45.9 Å². The highest BCUT2D eigenvalue weighted by molar-refractivity contribution is 7.99. The maximum Gasteiger partial charge on any atom is 0.322 e. The molecule has 0 bridgehead atoms. The number of hydrogen-bond acceptors (Lipinski definition) is 6. The third-order valence-electron chi connectivity index (χ3n) is 2.48. The van der Waals surface area contributed by atoms with E-state index in [0.717, 1.165) is 11.8 Å². The Kier molecular flexibility index (Phi) is 4.14. The number of hydrogen-bond donors (Lipinski definition) is 1. The number of nitrogens with zero attached hydrogens (tertiary/aromatic N) is 3. The molecule has 6 nitrogen and oxygen atoms in total. The third-order valence-corrected chi connectivity index (χ3v) is 3.50. The van der Waals surface area contributed by atoms with Crippen LogP contribution in [-0.4, -0.2) is 21.9 Å². The number of benzene rings is 1. The fourth-order valence-corrected chi connectivity index (χ4v) is 2.54. The van der Waals surface area contributed by atoms with Crippen LogP contribution in [0.4, 0.5) is 16.0 Å². The van der Waals surface area contributed by atoms with Crippen molar-refractivity contribution in [2.75, 3.05) is 12.4 Å². The predicted molar refractivity (Wildman–Crippen MR) is 73.5 cm³/mol. The molecular formula is C12H11FN4O2S. The normalized spacial score (nSPS) is 10.3. The van der Waals surface area contributed by atoms with Gasteiger partial charge in [-0.3, -0.25) is 10.1 Å². The predicted octanol–water partition coefficient (Wildman–Crippen LogP) is 3.03. The number of halogens is 1. The van der Waals surface area contributed by atoms with Crippen LogP contribution in [0.3, 0.4) is 0 Å². The summed E-state index contributed by atoms with van der Waals surface area (Å²) in [6.07, 6.45) is 0. The Morgan fingerprint density at radius 3 is 2.65 bits per heavy atom. The molecule has 0 spiro atoms. The van der Waals surface area contributed by atoms with Crippen molar-refractivity contribution in [2.24, 2.45) is 0 Å². The lowest BCUT2D eigenvalue weighted by atomic mass is 10.3. The highest BCUT2D eigenvalue weighted by Crippen LogP contribution is 2.36. The summed E-state index contributed by atoms with van der Waals surface area (Å²) in [5, 5.41) is 13.9. The minimum absolute atomic E-state index is 0.108. The van der Waals surface area contributed by atoms with Gasteiger partial charge in [-0.25, -0.2) is 9.37 Å². The Morgan fingerprint density at radius 1 is 1.35 bits per heavy atom. The van der Waals surface area contributed by atoms with Crippen LogP contribution in [0.15, 0.2) is 34.2 Å². The first-order valence-electron chi connectivity index (χ1n) is 5.66. The Bertz CT molecular complexity index is 666. The van der Waals surface area contributed by atoms with Gasteiger partial charge in [0.1, 0.15) is 11.5 Å². The maximum absolute atomic E-state index is 13.6. The molecule has 0 aliphatic carbocycles. The average Bonchev–Trinajstić information content (AvgIpc) is 2.40. The molecule has 8 heteroatoms. The fourth-order valence-electron chi connectivity index (χ4n) is 1.57. The molecule has 20 heavy (non-hydrogen) atoms. The molecular weight excluding hydrogens is 283 g/mol. The van der Waals surface area contributed by atoms with Gasteiger partial charge in [0.2, 0.25) is 5.95 Å². The number of aryl methyl sites for hydroxylation is 1. The molecule has 0 aliphatic rings. The molecule has 0 amide bonds.